The van der Waals surface area contributed by atoms with Crippen LogP contribution in [0.25, 0.3) is 0 Å². The Morgan fingerprint density at radius 3 is 2.71 bits per heavy atom. The Hall–Kier alpha value is -2.53. The van der Waals surface area contributed by atoms with Crippen LogP contribution in [0, 0.1) is 17.2 Å². The highest BCUT2D eigenvalue weighted by atomic mass is 15.0. The first-order valence-corrected chi connectivity index (χ1v) is 7.39. The fraction of sp³-hybridized carbons (Fsp3) is 0.211. The summed E-state index contributed by atoms with van der Waals surface area (Å²) in [6, 6.07) is 19.2. The SMILES string of the molecule is N#Cc1cccc2c1NC(c1ccccc1)C1CC=CC21. The Morgan fingerprint density at radius 2 is 1.90 bits per heavy atom. The maximum atomic E-state index is 9.38. The number of fused-ring (bicyclic) bond motifs is 3. The molecule has 1 aliphatic heterocycles. The fourth-order valence-corrected chi connectivity index (χ4v) is 3.71. The lowest BCUT2D eigenvalue weighted by Gasteiger charge is -2.37. The summed E-state index contributed by atoms with van der Waals surface area (Å²) >= 11 is 0. The number of nitrogens with zero attached hydrogens (tertiary/aromatic N) is 1. The van der Waals surface area contributed by atoms with E-state index in [4.69, 9.17) is 0 Å². The van der Waals surface area contributed by atoms with E-state index in [-0.39, 0.29) is 6.04 Å². The van der Waals surface area contributed by atoms with Gasteiger partial charge in [-0.15, -0.1) is 0 Å². The van der Waals surface area contributed by atoms with E-state index in [2.05, 4.69) is 53.9 Å². The number of nitriles is 1. The van der Waals surface area contributed by atoms with Crippen molar-refractivity contribution in [2.24, 2.45) is 5.92 Å². The van der Waals surface area contributed by atoms with Crippen LogP contribution in [0.5, 0.6) is 0 Å². The van der Waals surface area contributed by atoms with Gasteiger partial charge in [-0.2, -0.15) is 5.26 Å². The third-order valence-corrected chi connectivity index (χ3v) is 4.68. The van der Waals surface area contributed by atoms with Crippen LogP contribution >= 0.6 is 0 Å². The summed E-state index contributed by atoms with van der Waals surface area (Å²) in [4.78, 5) is 0. The summed E-state index contributed by atoms with van der Waals surface area (Å²) in [5.74, 6) is 0.952. The Morgan fingerprint density at radius 1 is 1.05 bits per heavy atom. The van der Waals surface area contributed by atoms with Gasteiger partial charge in [0.1, 0.15) is 6.07 Å². The number of rotatable bonds is 1. The molecule has 0 aromatic heterocycles. The average Bonchev–Trinajstić information content (AvgIpc) is 3.04. The van der Waals surface area contributed by atoms with Gasteiger partial charge in [0.2, 0.25) is 0 Å². The molecule has 0 saturated heterocycles. The van der Waals surface area contributed by atoms with Crippen molar-refractivity contribution in [1.82, 2.24) is 0 Å². The standard InChI is InChI=1S/C19H16N2/c20-12-14-8-4-10-17-15-9-5-11-16(15)18(21-19(14)17)13-6-2-1-3-7-13/h1-10,15-16,18,21H,11H2. The molecule has 3 unspecified atom stereocenters. The number of hydrogen-bond acceptors (Lipinski definition) is 2. The van der Waals surface area contributed by atoms with Crippen LogP contribution in [0.2, 0.25) is 0 Å². The number of nitrogens with one attached hydrogen (secondary N) is 1. The van der Waals surface area contributed by atoms with E-state index in [1.165, 1.54) is 11.1 Å². The molecule has 2 heteroatoms. The van der Waals surface area contributed by atoms with Gasteiger partial charge in [-0.05, 0) is 29.5 Å². The maximum absolute atomic E-state index is 9.38. The van der Waals surface area contributed by atoms with Crippen LogP contribution in [0.3, 0.4) is 0 Å². The molecule has 4 rings (SSSR count). The molecule has 0 bridgehead atoms. The topological polar surface area (TPSA) is 35.8 Å². The van der Waals surface area contributed by atoms with Crippen molar-refractivity contribution in [2.45, 2.75) is 18.4 Å². The molecule has 0 spiro atoms. The third kappa shape index (κ3) is 1.86. The highest BCUT2D eigenvalue weighted by molar-refractivity contribution is 5.67. The van der Waals surface area contributed by atoms with E-state index in [9.17, 15) is 5.26 Å². The molecular weight excluding hydrogens is 256 g/mol. The number of allylic oxidation sites excluding steroid dienone is 2. The smallest absolute Gasteiger partial charge is 0.101 e. The van der Waals surface area contributed by atoms with Crippen molar-refractivity contribution in [1.29, 1.82) is 5.26 Å². The van der Waals surface area contributed by atoms with Gasteiger partial charge in [0.05, 0.1) is 17.3 Å². The molecule has 102 valence electrons. The minimum Gasteiger partial charge on any atom is -0.377 e. The van der Waals surface area contributed by atoms with Crippen LogP contribution < -0.4 is 5.32 Å². The van der Waals surface area contributed by atoms with E-state index in [0.29, 0.717) is 11.8 Å². The van der Waals surface area contributed by atoms with Crippen molar-refractivity contribution in [3.8, 4) is 6.07 Å². The molecule has 2 nitrogen and oxygen atoms in total. The van der Waals surface area contributed by atoms with Gasteiger partial charge in [-0.25, -0.2) is 0 Å². The highest BCUT2D eigenvalue weighted by Gasteiger charge is 2.38. The summed E-state index contributed by atoms with van der Waals surface area (Å²) in [5, 5.41) is 13.0. The number of anilines is 1. The van der Waals surface area contributed by atoms with E-state index in [1.54, 1.807) is 0 Å². The largest absolute Gasteiger partial charge is 0.377 e. The molecule has 0 amide bonds. The molecule has 0 saturated carbocycles. The van der Waals surface area contributed by atoms with E-state index >= 15 is 0 Å². The molecule has 1 N–H and O–H groups in total. The van der Waals surface area contributed by atoms with Crippen LogP contribution in [0.1, 0.15) is 35.1 Å². The van der Waals surface area contributed by atoms with Crippen LogP contribution in [0.15, 0.2) is 60.7 Å². The second kappa shape index (κ2) is 4.79. The lowest BCUT2D eigenvalue weighted by Crippen LogP contribution is -2.29. The molecule has 2 aromatic carbocycles. The average molecular weight is 272 g/mol. The number of hydrogen-bond donors (Lipinski definition) is 1. The Bertz CT molecular complexity index is 740. The van der Waals surface area contributed by atoms with Gasteiger partial charge < -0.3 is 5.32 Å². The van der Waals surface area contributed by atoms with Crippen molar-refractivity contribution < 1.29 is 0 Å². The fourth-order valence-electron chi connectivity index (χ4n) is 3.71. The molecule has 0 fully saturated rings. The normalized spacial score (nSPS) is 25.6. The minimum absolute atomic E-state index is 0.271. The van der Waals surface area contributed by atoms with Gasteiger partial charge in [0.15, 0.2) is 0 Å². The Kier molecular flexibility index (Phi) is 2.79. The quantitative estimate of drug-likeness (QED) is 0.782. The van der Waals surface area contributed by atoms with Gasteiger partial charge in [-0.1, -0.05) is 54.6 Å². The number of benzene rings is 2. The maximum Gasteiger partial charge on any atom is 0.101 e. The molecule has 1 heterocycles. The Balaban J connectivity index is 1.85. The second-order valence-corrected chi connectivity index (χ2v) is 5.77. The second-order valence-electron chi connectivity index (χ2n) is 5.77. The summed E-state index contributed by atoms with van der Waals surface area (Å²) in [7, 11) is 0. The Labute approximate surface area is 124 Å². The van der Waals surface area contributed by atoms with Gasteiger partial charge >= 0.3 is 0 Å². The molecule has 3 atom stereocenters. The van der Waals surface area contributed by atoms with Crippen LogP contribution in [0.4, 0.5) is 5.69 Å². The minimum atomic E-state index is 0.271. The monoisotopic (exact) mass is 272 g/mol. The third-order valence-electron chi connectivity index (χ3n) is 4.68. The van der Waals surface area contributed by atoms with Crippen molar-refractivity contribution >= 4 is 5.69 Å². The summed E-state index contributed by atoms with van der Waals surface area (Å²) in [6.45, 7) is 0. The first-order valence-electron chi connectivity index (χ1n) is 7.39. The molecule has 1 aliphatic carbocycles. The van der Waals surface area contributed by atoms with Crippen molar-refractivity contribution in [3.05, 3.63) is 77.4 Å². The van der Waals surface area contributed by atoms with Crippen molar-refractivity contribution in [3.63, 3.8) is 0 Å². The predicted molar refractivity (Wildman–Crippen MR) is 84.0 cm³/mol. The van der Waals surface area contributed by atoms with E-state index in [0.717, 1.165) is 17.7 Å². The zero-order valence-electron chi connectivity index (χ0n) is 11.7. The van der Waals surface area contributed by atoms with Crippen LogP contribution in [-0.4, -0.2) is 0 Å². The molecule has 0 radical (unpaired) electrons. The van der Waals surface area contributed by atoms with Gasteiger partial charge in [0, 0.05) is 5.92 Å². The summed E-state index contributed by atoms with van der Waals surface area (Å²) in [6.07, 6.45) is 5.68. The van der Waals surface area contributed by atoms with E-state index < -0.39 is 0 Å². The van der Waals surface area contributed by atoms with Gasteiger partial charge in [-0.3, -0.25) is 0 Å². The zero-order chi connectivity index (χ0) is 14.2. The van der Waals surface area contributed by atoms with Crippen LogP contribution in [-0.2, 0) is 0 Å². The van der Waals surface area contributed by atoms with Gasteiger partial charge in [0.25, 0.3) is 0 Å². The molecule has 2 aliphatic rings. The summed E-state index contributed by atoms with van der Waals surface area (Å²) in [5.41, 5.74) is 4.32. The lowest BCUT2D eigenvalue weighted by atomic mass is 9.76. The first-order chi connectivity index (χ1) is 10.4. The molecular formula is C19H16N2. The number of para-hydroxylation sites is 1. The highest BCUT2D eigenvalue weighted by Crippen LogP contribution is 2.50. The predicted octanol–water partition coefficient (Wildman–Crippen LogP) is 4.38. The first kappa shape index (κ1) is 12.2. The van der Waals surface area contributed by atoms with E-state index in [1.807, 2.05) is 18.2 Å². The summed E-state index contributed by atoms with van der Waals surface area (Å²) < 4.78 is 0. The van der Waals surface area contributed by atoms with Crippen molar-refractivity contribution in [2.75, 3.05) is 5.32 Å². The zero-order valence-corrected chi connectivity index (χ0v) is 11.7. The molecule has 21 heavy (non-hydrogen) atoms. The molecule has 2 aromatic rings. The lowest BCUT2D eigenvalue weighted by molar-refractivity contribution is 0.425.